The van der Waals surface area contributed by atoms with Crippen molar-refractivity contribution < 1.29 is 14.4 Å². The molecule has 7 heteroatoms. The molecule has 2 aromatic rings. The van der Waals surface area contributed by atoms with Crippen molar-refractivity contribution in [2.24, 2.45) is 0 Å². The first kappa shape index (κ1) is 8.30. The van der Waals surface area contributed by atoms with Crippen LogP contribution in [-0.2, 0) is 0 Å². The van der Waals surface area contributed by atoms with Gasteiger partial charge < -0.3 is 9.52 Å². The van der Waals surface area contributed by atoms with Crippen molar-refractivity contribution >= 4 is 16.8 Å². The topological polar surface area (TPSA) is 109 Å². The van der Waals surface area contributed by atoms with Gasteiger partial charge in [0.05, 0.1) is 10.4 Å². The van der Waals surface area contributed by atoms with E-state index < -0.39 is 22.1 Å². The van der Waals surface area contributed by atoms with Crippen molar-refractivity contribution in [1.29, 1.82) is 0 Å². The zero-order valence-corrected chi connectivity index (χ0v) is 6.68. The fourth-order valence-corrected chi connectivity index (χ4v) is 1.12. The smallest absolute Gasteiger partial charge is 0.417 e. The molecule has 0 fully saturated rings. The lowest BCUT2D eigenvalue weighted by Gasteiger charge is -1.93. The van der Waals surface area contributed by atoms with Crippen molar-refractivity contribution in [3.05, 3.63) is 32.8 Å². The third kappa shape index (κ3) is 1.11. The zero-order chi connectivity index (χ0) is 10.3. The summed E-state index contributed by atoms with van der Waals surface area (Å²) in [7, 11) is 0. The summed E-state index contributed by atoms with van der Waals surface area (Å²) in [4.78, 5) is 22.6. The fraction of sp³-hybridized carbons (Fsp3) is 0. The number of nitro groups is 1. The van der Waals surface area contributed by atoms with E-state index in [0.717, 1.165) is 12.1 Å². The quantitative estimate of drug-likeness (QED) is 0.516. The van der Waals surface area contributed by atoms with E-state index in [1.54, 1.807) is 0 Å². The van der Waals surface area contributed by atoms with E-state index in [1.165, 1.54) is 0 Å². The first-order valence-corrected chi connectivity index (χ1v) is 3.58. The number of nitrogens with zero attached hydrogens (tertiary/aromatic N) is 1. The maximum atomic E-state index is 10.7. The van der Waals surface area contributed by atoms with Crippen molar-refractivity contribution in [1.82, 2.24) is 4.98 Å². The van der Waals surface area contributed by atoms with Gasteiger partial charge in [-0.05, 0) is 0 Å². The number of oxazole rings is 1. The third-order valence-electron chi connectivity index (χ3n) is 1.71. The predicted molar refractivity (Wildman–Crippen MR) is 45.2 cm³/mol. The minimum Gasteiger partial charge on any atom is -0.502 e. The van der Waals surface area contributed by atoms with E-state index >= 15 is 0 Å². The molecular formula is C7H4N2O5. The van der Waals surface area contributed by atoms with Crippen molar-refractivity contribution in [2.45, 2.75) is 0 Å². The molecule has 0 amide bonds. The molecule has 72 valence electrons. The lowest BCUT2D eigenvalue weighted by Crippen LogP contribution is -1.93. The van der Waals surface area contributed by atoms with Gasteiger partial charge in [-0.25, -0.2) is 4.79 Å². The molecule has 7 nitrogen and oxygen atoms in total. The van der Waals surface area contributed by atoms with E-state index in [1.807, 2.05) is 0 Å². The van der Waals surface area contributed by atoms with Crippen LogP contribution in [0.1, 0.15) is 0 Å². The number of hydrogen-bond donors (Lipinski definition) is 2. The Bertz CT molecular complexity index is 567. The maximum Gasteiger partial charge on any atom is 0.417 e. The first-order chi connectivity index (χ1) is 6.58. The van der Waals surface area contributed by atoms with Crippen LogP contribution in [0.25, 0.3) is 11.1 Å². The SMILES string of the molecule is O=c1[nH]c2cc([N+](=O)[O-])c(O)cc2o1. The monoisotopic (exact) mass is 196 g/mol. The number of benzene rings is 1. The zero-order valence-electron chi connectivity index (χ0n) is 6.68. The van der Waals surface area contributed by atoms with Crippen LogP contribution in [0.15, 0.2) is 21.3 Å². The summed E-state index contributed by atoms with van der Waals surface area (Å²) in [5.74, 6) is -1.26. The highest BCUT2D eigenvalue weighted by atomic mass is 16.6. The van der Waals surface area contributed by atoms with E-state index in [2.05, 4.69) is 9.40 Å². The number of phenols is 1. The molecule has 0 aliphatic carbocycles. The number of aromatic hydroxyl groups is 1. The van der Waals surface area contributed by atoms with Gasteiger partial charge in [0.1, 0.15) is 0 Å². The molecule has 2 rings (SSSR count). The molecule has 2 N–H and O–H groups in total. The first-order valence-electron chi connectivity index (χ1n) is 3.58. The van der Waals surface area contributed by atoms with Gasteiger partial charge in [-0.1, -0.05) is 0 Å². The average molecular weight is 196 g/mol. The third-order valence-corrected chi connectivity index (χ3v) is 1.71. The van der Waals surface area contributed by atoms with E-state index in [-0.39, 0.29) is 11.1 Å². The van der Waals surface area contributed by atoms with Crippen LogP contribution >= 0.6 is 0 Å². The van der Waals surface area contributed by atoms with Crippen LogP contribution in [0.2, 0.25) is 0 Å². The Hall–Kier alpha value is -2.31. The molecule has 0 aliphatic heterocycles. The second-order valence-corrected chi connectivity index (χ2v) is 2.61. The van der Waals surface area contributed by atoms with Gasteiger partial charge in [0.2, 0.25) is 0 Å². The van der Waals surface area contributed by atoms with E-state index in [9.17, 15) is 20.0 Å². The molecule has 0 atom stereocenters. The summed E-state index contributed by atoms with van der Waals surface area (Å²) in [6.45, 7) is 0. The maximum absolute atomic E-state index is 10.7. The Kier molecular flexibility index (Phi) is 1.53. The highest BCUT2D eigenvalue weighted by Gasteiger charge is 2.16. The van der Waals surface area contributed by atoms with Crippen molar-refractivity contribution in [3.63, 3.8) is 0 Å². The summed E-state index contributed by atoms with van der Waals surface area (Å²) in [5, 5.41) is 19.6. The van der Waals surface area contributed by atoms with Crippen LogP contribution in [0, 0.1) is 10.1 Å². The predicted octanol–water partition coefficient (Wildman–Crippen LogP) is 0.735. The van der Waals surface area contributed by atoms with Gasteiger partial charge in [-0.2, -0.15) is 0 Å². The van der Waals surface area contributed by atoms with Crippen LogP contribution in [0.4, 0.5) is 5.69 Å². The number of aromatic amines is 1. The normalized spacial score (nSPS) is 10.6. The second kappa shape index (κ2) is 2.59. The number of hydrogen-bond acceptors (Lipinski definition) is 5. The van der Waals surface area contributed by atoms with E-state index in [4.69, 9.17) is 0 Å². The van der Waals surface area contributed by atoms with Crippen LogP contribution in [0.5, 0.6) is 5.75 Å². The second-order valence-electron chi connectivity index (χ2n) is 2.61. The summed E-state index contributed by atoms with van der Waals surface area (Å²) >= 11 is 0. The molecule has 0 radical (unpaired) electrons. The van der Waals surface area contributed by atoms with Crippen LogP contribution in [0.3, 0.4) is 0 Å². The Morgan fingerprint density at radius 1 is 1.50 bits per heavy atom. The molecule has 0 saturated heterocycles. The molecule has 14 heavy (non-hydrogen) atoms. The standard InChI is InChI=1S/C7H4N2O5/c10-5-2-6-3(8-7(11)14-6)1-4(5)9(12)13/h1-2,10H,(H,8,11). The number of rotatable bonds is 1. The Morgan fingerprint density at radius 3 is 2.86 bits per heavy atom. The van der Waals surface area contributed by atoms with Gasteiger partial charge in [0.15, 0.2) is 11.3 Å². The lowest BCUT2D eigenvalue weighted by molar-refractivity contribution is -0.385. The highest BCUT2D eigenvalue weighted by molar-refractivity contribution is 5.78. The van der Waals surface area contributed by atoms with Crippen LogP contribution < -0.4 is 5.76 Å². The molecule has 1 aromatic heterocycles. The van der Waals surface area contributed by atoms with Crippen molar-refractivity contribution in [3.8, 4) is 5.75 Å². The van der Waals surface area contributed by atoms with Gasteiger partial charge in [0.25, 0.3) is 0 Å². The van der Waals surface area contributed by atoms with E-state index in [0.29, 0.717) is 0 Å². The molecule has 0 aliphatic rings. The Morgan fingerprint density at radius 2 is 2.21 bits per heavy atom. The van der Waals surface area contributed by atoms with Crippen molar-refractivity contribution in [2.75, 3.05) is 0 Å². The van der Waals surface area contributed by atoms with Gasteiger partial charge >= 0.3 is 11.4 Å². The molecule has 0 unspecified atom stereocenters. The number of nitrogens with one attached hydrogen (secondary N) is 1. The van der Waals surface area contributed by atoms with Gasteiger partial charge in [-0.3, -0.25) is 15.1 Å². The number of aromatic nitrogens is 1. The fourth-order valence-electron chi connectivity index (χ4n) is 1.12. The summed E-state index contributed by atoms with van der Waals surface area (Å²) in [5.41, 5.74) is -0.216. The molecular weight excluding hydrogens is 192 g/mol. The molecule has 0 spiro atoms. The largest absolute Gasteiger partial charge is 0.502 e. The number of phenolic OH excluding ortho intramolecular Hbond substituents is 1. The molecule has 1 heterocycles. The summed E-state index contributed by atoms with van der Waals surface area (Å²) in [6, 6.07) is 2.06. The number of nitro benzene ring substituents is 1. The molecule has 0 bridgehead atoms. The minimum atomic E-state index is -0.750. The number of fused-ring (bicyclic) bond motifs is 1. The van der Waals surface area contributed by atoms with Gasteiger partial charge in [0, 0.05) is 12.1 Å². The molecule has 0 saturated carbocycles. The Balaban J connectivity index is 2.82. The minimum absolute atomic E-state index is 0.0816. The Labute approximate surface area is 75.7 Å². The van der Waals surface area contributed by atoms with Gasteiger partial charge in [-0.15, -0.1) is 0 Å². The summed E-state index contributed by atoms with van der Waals surface area (Å²) in [6.07, 6.45) is 0. The summed E-state index contributed by atoms with van der Waals surface area (Å²) < 4.78 is 4.59. The van der Waals surface area contributed by atoms with Crippen LogP contribution in [-0.4, -0.2) is 15.0 Å². The number of H-pyrrole nitrogens is 1. The lowest BCUT2D eigenvalue weighted by atomic mass is 10.2. The molecule has 1 aromatic carbocycles. The highest BCUT2D eigenvalue weighted by Crippen LogP contribution is 2.29. The average Bonchev–Trinajstić information content (AvgIpc) is 2.42.